The molecule has 0 atom stereocenters. The maximum atomic E-state index is 12.4. The van der Waals surface area contributed by atoms with Crippen molar-refractivity contribution in [3.63, 3.8) is 0 Å². The van der Waals surface area contributed by atoms with Gasteiger partial charge in [0.15, 0.2) is 0 Å². The van der Waals surface area contributed by atoms with Crippen LogP contribution in [0.25, 0.3) is 10.6 Å². The summed E-state index contributed by atoms with van der Waals surface area (Å²) in [6.07, 6.45) is 1.98. The second-order valence-corrected chi connectivity index (χ2v) is 7.21. The summed E-state index contributed by atoms with van der Waals surface area (Å²) < 4.78 is 0. The van der Waals surface area contributed by atoms with Gasteiger partial charge >= 0.3 is 0 Å². The number of carbonyl (C=O) groups is 1. The number of thiazole rings is 1. The van der Waals surface area contributed by atoms with Crippen molar-refractivity contribution in [1.82, 2.24) is 10.3 Å². The van der Waals surface area contributed by atoms with Crippen LogP contribution >= 0.6 is 23.1 Å². The average Bonchev–Trinajstić information content (AvgIpc) is 3.01. The first-order valence-electron chi connectivity index (χ1n) is 7.62. The van der Waals surface area contributed by atoms with E-state index in [4.69, 9.17) is 0 Å². The molecule has 1 aromatic heterocycles. The standard InChI is InChI=1S/C19H18N2OS2/c1-13-17(24-19(21-13)14-8-4-3-5-9-14)12-20-18(22)15-10-6-7-11-16(15)23-2/h3-11H,12H2,1-2H3,(H,20,22). The predicted octanol–water partition coefficient (Wildman–Crippen LogP) is 4.77. The lowest BCUT2D eigenvalue weighted by Crippen LogP contribution is -2.23. The Balaban J connectivity index is 1.73. The van der Waals surface area contributed by atoms with Crippen molar-refractivity contribution in [3.05, 3.63) is 70.7 Å². The highest BCUT2D eigenvalue weighted by atomic mass is 32.2. The minimum Gasteiger partial charge on any atom is -0.347 e. The van der Waals surface area contributed by atoms with E-state index in [9.17, 15) is 4.79 Å². The van der Waals surface area contributed by atoms with Crippen LogP contribution in [-0.2, 0) is 6.54 Å². The molecule has 1 N–H and O–H groups in total. The van der Waals surface area contributed by atoms with E-state index >= 15 is 0 Å². The summed E-state index contributed by atoms with van der Waals surface area (Å²) in [6, 6.07) is 17.8. The number of aryl methyl sites for hydroxylation is 1. The van der Waals surface area contributed by atoms with Crippen LogP contribution in [0.4, 0.5) is 0 Å². The Hall–Kier alpha value is -2.11. The number of hydrogen-bond acceptors (Lipinski definition) is 4. The fraction of sp³-hybridized carbons (Fsp3) is 0.158. The van der Waals surface area contributed by atoms with Crippen LogP contribution < -0.4 is 5.32 Å². The molecular weight excluding hydrogens is 336 g/mol. The molecule has 3 nitrogen and oxygen atoms in total. The number of carbonyl (C=O) groups excluding carboxylic acids is 1. The number of nitrogens with zero attached hydrogens (tertiary/aromatic N) is 1. The third-order valence-corrected chi connectivity index (χ3v) is 5.68. The average molecular weight is 354 g/mol. The first kappa shape index (κ1) is 16.7. The Morgan fingerprint density at radius 2 is 1.83 bits per heavy atom. The first-order valence-corrected chi connectivity index (χ1v) is 9.66. The molecule has 0 saturated heterocycles. The third kappa shape index (κ3) is 3.68. The fourth-order valence-corrected chi connectivity index (χ4v) is 3.99. The molecule has 122 valence electrons. The van der Waals surface area contributed by atoms with E-state index in [0.29, 0.717) is 6.54 Å². The molecule has 0 bridgehead atoms. The smallest absolute Gasteiger partial charge is 0.252 e. The molecule has 1 heterocycles. The fourth-order valence-electron chi connectivity index (χ4n) is 2.38. The van der Waals surface area contributed by atoms with Crippen molar-refractivity contribution < 1.29 is 4.79 Å². The van der Waals surface area contributed by atoms with Crippen LogP contribution in [-0.4, -0.2) is 17.1 Å². The molecule has 0 spiro atoms. The van der Waals surface area contributed by atoms with Gasteiger partial charge in [0, 0.05) is 15.3 Å². The summed E-state index contributed by atoms with van der Waals surface area (Å²) in [7, 11) is 0. The van der Waals surface area contributed by atoms with E-state index in [1.165, 1.54) is 0 Å². The summed E-state index contributed by atoms with van der Waals surface area (Å²) in [6.45, 7) is 2.48. The maximum Gasteiger partial charge on any atom is 0.252 e. The van der Waals surface area contributed by atoms with Gasteiger partial charge in [-0.05, 0) is 25.3 Å². The molecule has 3 aromatic rings. The summed E-state index contributed by atoms with van der Waals surface area (Å²) in [5.74, 6) is -0.0472. The predicted molar refractivity (Wildman–Crippen MR) is 102 cm³/mol. The molecule has 1 amide bonds. The number of aromatic nitrogens is 1. The van der Waals surface area contributed by atoms with Gasteiger partial charge in [-0.15, -0.1) is 23.1 Å². The molecule has 5 heteroatoms. The number of thioether (sulfide) groups is 1. The van der Waals surface area contributed by atoms with Gasteiger partial charge in [-0.2, -0.15) is 0 Å². The molecule has 3 rings (SSSR count). The molecule has 0 aliphatic rings. The Morgan fingerprint density at radius 1 is 1.12 bits per heavy atom. The van der Waals surface area contributed by atoms with Gasteiger partial charge in [0.1, 0.15) is 5.01 Å². The third-order valence-electron chi connectivity index (χ3n) is 3.67. The summed E-state index contributed by atoms with van der Waals surface area (Å²) in [5.41, 5.74) is 2.80. The quantitative estimate of drug-likeness (QED) is 0.671. The van der Waals surface area contributed by atoms with Gasteiger partial charge in [-0.3, -0.25) is 4.79 Å². The molecule has 0 fully saturated rings. The molecule has 0 aliphatic carbocycles. The van der Waals surface area contributed by atoms with Crippen LogP contribution in [0.1, 0.15) is 20.9 Å². The molecular formula is C19H18N2OS2. The summed E-state index contributed by atoms with van der Waals surface area (Å²) in [5, 5.41) is 4.00. The van der Waals surface area contributed by atoms with E-state index in [1.54, 1.807) is 23.1 Å². The minimum atomic E-state index is -0.0472. The Labute approximate surface area is 150 Å². The number of benzene rings is 2. The number of rotatable bonds is 5. The Bertz CT molecular complexity index is 844. The molecule has 0 radical (unpaired) electrons. The number of nitrogens with one attached hydrogen (secondary N) is 1. The zero-order chi connectivity index (χ0) is 16.9. The van der Waals surface area contributed by atoms with Crippen molar-refractivity contribution in [2.75, 3.05) is 6.26 Å². The van der Waals surface area contributed by atoms with Crippen LogP contribution in [0.15, 0.2) is 59.5 Å². The zero-order valence-electron chi connectivity index (χ0n) is 13.6. The highest BCUT2D eigenvalue weighted by Crippen LogP contribution is 2.27. The number of hydrogen-bond donors (Lipinski definition) is 1. The largest absolute Gasteiger partial charge is 0.347 e. The second-order valence-electron chi connectivity index (χ2n) is 5.28. The van der Waals surface area contributed by atoms with Crippen LogP contribution in [0.2, 0.25) is 0 Å². The minimum absolute atomic E-state index is 0.0472. The zero-order valence-corrected chi connectivity index (χ0v) is 15.2. The topological polar surface area (TPSA) is 42.0 Å². The van der Waals surface area contributed by atoms with Crippen molar-refractivity contribution in [2.24, 2.45) is 0 Å². The van der Waals surface area contributed by atoms with E-state index in [-0.39, 0.29) is 5.91 Å². The number of amides is 1. The lowest BCUT2D eigenvalue weighted by molar-refractivity contribution is 0.0948. The lowest BCUT2D eigenvalue weighted by atomic mass is 10.2. The normalized spacial score (nSPS) is 10.6. The van der Waals surface area contributed by atoms with Crippen molar-refractivity contribution in [1.29, 1.82) is 0 Å². The monoisotopic (exact) mass is 354 g/mol. The van der Waals surface area contributed by atoms with Crippen LogP contribution in [0.5, 0.6) is 0 Å². The van der Waals surface area contributed by atoms with Gasteiger partial charge in [0.2, 0.25) is 0 Å². The first-order chi connectivity index (χ1) is 11.7. The van der Waals surface area contributed by atoms with Crippen molar-refractivity contribution in [2.45, 2.75) is 18.4 Å². The van der Waals surface area contributed by atoms with E-state index in [1.807, 2.05) is 55.6 Å². The second kappa shape index (κ2) is 7.64. The maximum absolute atomic E-state index is 12.4. The Morgan fingerprint density at radius 3 is 2.58 bits per heavy atom. The van der Waals surface area contributed by atoms with Gasteiger partial charge in [-0.25, -0.2) is 4.98 Å². The highest BCUT2D eigenvalue weighted by molar-refractivity contribution is 7.98. The van der Waals surface area contributed by atoms with Crippen molar-refractivity contribution >= 4 is 29.0 Å². The van der Waals surface area contributed by atoms with Gasteiger partial charge < -0.3 is 5.32 Å². The molecule has 2 aromatic carbocycles. The summed E-state index contributed by atoms with van der Waals surface area (Å²) >= 11 is 3.21. The van der Waals surface area contributed by atoms with Crippen LogP contribution in [0.3, 0.4) is 0 Å². The van der Waals surface area contributed by atoms with Gasteiger partial charge in [0.25, 0.3) is 5.91 Å². The summed E-state index contributed by atoms with van der Waals surface area (Å²) in [4.78, 5) is 19.1. The molecule has 0 saturated carbocycles. The SMILES string of the molecule is CSc1ccccc1C(=O)NCc1sc(-c2ccccc2)nc1C. The van der Waals surface area contributed by atoms with E-state index in [0.717, 1.165) is 31.6 Å². The Kier molecular flexibility index (Phi) is 5.33. The van der Waals surface area contributed by atoms with E-state index in [2.05, 4.69) is 22.4 Å². The van der Waals surface area contributed by atoms with E-state index < -0.39 is 0 Å². The van der Waals surface area contributed by atoms with Gasteiger partial charge in [-0.1, -0.05) is 42.5 Å². The van der Waals surface area contributed by atoms with Gasteiger partial charge in [0.05, 0.1) is 17.8 Å². The lowest BCUT2D eigenvalue weighted by Gasteiger charge is -2.07. The van der Waals surface area contributed by atoms with Crippen molar-refractivity contribution in [3.8, 4) is 10.6 Å². The van der Waals surface area contributed by atoms with Crippen LogP contribution in [0, 0.1) is 6.92 Å². The highest BCUT2D eigenvalue weighted by Gasteiger charge is 2.13. The molecule has 24 heavy (non-hydrogen) atoms. The molecule has 0 aliphatic heterocycles. The molecule has 0 unspecified atom stereocenters.